The molecule has 2 aromatic carbocycles. The molecule has 1 amide bonds. The van der Waals surface area contributed by atoms with E-state index in [9.17, 15) is 4.79 Å². The third kappa shape index (κ3) is 3.94. The lowest BCUT2D eigenvalue weighted by atomic mass is 10.1. The van der Waals surface area contributed by atoms with E-state index in [1.165, 1.54) is 11.1 Å². The van der Waals surface area contributed by atoms with Crippen LogP contribution in [0.1, 0.15) is 11.1 Å². The predicted octanol–water partition coefficient (Wildman–Crippen LogP) is 2.74. The minimum absolute atomic E-state index is 0.0648. The Labute approximate surface area is 148 Å². The number of hydrogen-bond acceptors (Lipinski definition) is 4. The summed E-state index contributed by atoms with van der Waals surface area (Å²) in [6, 6.07) is 14.2. The maximum Gasteiger partial charge on any atom is 0.238 e. The fourth-order valence-corrected chi connectivity index (χ4v) is 3.30. The first-order valence-electron chi connectivity index (χ1n) is 8.39. The van der Waals surface area contributed by atoms with Gasteiger partial charge < -0.3 is 14.8 Å². The van der Waals surface area contributed by atoms with E-state index >= 15 is 0 Å². The highest BCUT2D eigenvalue weighted by Gasteiger charge is 2.25. The molecule has 0 unspecified atom stereocenters. The first kappa shape index (κ1) is 17.3. The second kappa shape index (κ2) is 7.57. The molecule has 3 rings (SSSR count). The topological polar surface area (TPSA) is 50.8 Å². The molecule has 132 valence electrons. The van der Waals surface area contributed by atoms with Crippen molar-refractivity contribution in [1.82, 2.24) is 4.90 Å². The summed E-state index contributed by atoms with van der Waals surface area (Å²) in [5.41, 5.74) is 3.39. The summed E-state index contributed by atoms with van der Waals surface area (Å²) in [4.78, 5) is 14.6. The summed E-state index contributed by atoms with van der Waals surface area (Å²) in [6.07, 6.45) is 1.98. The maximum absolute atomic E-state index is 12.5. The lowest BCUT2D eigenvalue weighted by Gasteiger charge is -2.23. The van der Waals surface area contributed by atoms with Crippen molar-refractivity contribution in [3.8, 4) is 11.5 Å². The lowest BCUT2D eigenvalue weighted by Crippen LogP contribution is -2.38. The van der Waals surface area contributed by atoms with Crippen molar-refractivity contribution in [1.29, 1.82) is 0 Å². The van der Waals surface area contributed by atoms with Crippen molar-refractivity contribution in [2.45, 2.75) is 18.9 Å². The van der Waals surface area contributed by atoms with E-state index in [-0.39, 0.29) is 5.91 Å². The van der Waals surface area contributed by atoms with Gasteiger partial charge >= 0.3 is 0 Å². The van der Waals surface area contributed by atoms with Crippen molar-refractivity contribution in [2.75, 3.05) is 33.1 Å². The number of hydrogen-bond donors (Lipinski definition) is 1. The molecule has 0 saturated carbocycles. The molecule has 0 atom stereocenters. The fraction of sp³-hybridized carbons (Fsp3) is 0.350. The Balaban J connectivity index is 1.61. The van der Waals surface area contributed by atoms with Gasteiger partial charge in [0.1, 0.15) is 11.5 Å². The van der Waals surface area contributed by atoms with Crippen LogP contribution in [0.4, 0.5) is 5.69 Å². The molecule has 0 heterocycles. The highest BCUT2D eigenvalue weighted by Crippen LogP contribution is 2.29. The number of likely N-dealkylation sites (N-methyl/N-ethyl adjacent to an activating group) is 1. The molecule has 0 saturated heterocycles. The number of nitrogens with one attached hydrogen (secondary N) is 1. The van der Waals surface area contributed by atoms with Crippen LogP contribution in [-0.2, 0) is 17.6 Å². The number of ether oxygens (including phenoxy) is 2. The second-order valence-electron chi connectivity index (χ2n) is 6.36. The normalized spacial score (nSPS) is 13.6. The van der Waals surface area contributed by atoms with E-state index in [4.69, 9.17) is 9.47 Å². The van der Waals surface area contributed by atoms with Crippen LogP contribution in [0, 0.1) is 0 Å². The van der Waals surface area contributed by atoms with Crippen LogP contribution in [0.5, 0.6) is 11.5 Å². The molecule has 0 spiro atoms. The van der Waals surface area contributed by atoms with Gasteiger partial charge in [0, 0.05) is 12.1 Å². The Bertz CT molecular complexity index is 735. The molecule has 5 heteroatoms. The lowest BCUT2D eigenvalue weighted by molar-refractivity contribution is -0.117. The summed E-state index contributed by atoms with van der Waals surface area (Å²) in [6.45, 7) is 0.332. The average molecular weight is 340 g/mol. The van der Waals surface area contributed by atoms with Gasteiger partial charge in [0.05, 0.1) is 26.5 Å². The second-order valence-corrected chi connectivity index (χ2v) is 6.36. The van der Waals surface area contributed by atoms with Crippen LogP contribution < -0.4 is 14.8 Å². The monoisotopic (exact) mass is 340 g/mol. The van der Waals surface area contributed by atoms with Crippen molar-refractivity contribution >= 4 is 11.6 Å². The smallest absolute Gasteiger partial charge is 0.238 e. The van der Waals surface area contributed by atoms with E-state index in [1.54, 1.807) is 32.4 Å². The standard InChI is InChI=1S/C20H24N2O3/c1-22(16-10-14-6-4-5-7-15(14)11-16)13-20(23)21-18-12-17(24-2)8-9-19(18)25-3/h4-9,12,16H,10-11,13H2,1-3H3,(H,21,23). The first-order valence-corrected chi connectivity index (χ1v) is 8.39. The predicted molar refractivity (Wildman–Crippen MR) is 98.4 cm³/mol. The summed E-state index contributed by atoms with van der Waals surface area (Å²) in [5, 5.41) is 2.93. The van der Waals surface area contributed by atoms with E-state index in [0.717, 1.165) is 12.8 Å². The first-order chi connectivity index (χ1) is 12.1. The Morgan fingerprint density at radius 3 is 2.40 bits per heavy atom. The summed E-state index contributed by atoms with van der Waals surface area (Å²) in [7, 11) is 5.18. The van der Waals surface area contributed by atoms with E-state index < -0.39 is 0 Å². The molecule has 0 bridgehead atoms. The number of nitrogens with zero attached hydrogens (tertiary/aromatic N) is 1. The van der Waals surface area contributed by atoms with E-state index in [2.05, 4.69) is 34.5 Å². The number of benzene rings is 2. The number of carbonyl (C=O) groups excluding carboxylic acids is 1. The van der Waals surface area contributed by atoms with E-state index in [1.807, 2.05) is 7.05 Å². The molecule has 1 aliphatic rings. The molecule has 0 fully saturated rings. The van der Waals surface area contributed by atoms with Crippen LogP contribution in [0.3, 0.4) is 0 Å². The van der Waals surface area contributed by atoms with Crippen LogP contribution in [-0.4, -0.2) is 44.7 Å². The molecule has 1 aliphatic carbocycles. The van der Waals surface area contributed by atoms with Crippen LogP contribution in [0.15, 0.2) is 42.5 Å². The zero-order valence-electron chi connectivity index (χ0n) is 14.9. The minimum atomic E-state index is -0.0648. The average Bonchev–Trinajstić information content (AvgIpc) is 3.06. The molecule has 5 nitrogen and oxygen atoms in total. The van der Waals surface area contributed by atoms with Gasteiger partial charge in [-0.1, -0.05) is 24.3 Å². The Kier molecular flexibility index (Phi) is 5.24. The number of anilines is 1. The zero-order valence-corrected chi connectivity index (χ0v) is 14.9. The molecule has 0 radical (unpaired) electrons. The minimum Gasteiger partial charge on any atom is -0.497 e. The molecule has 1 N–H and O–H groups in total. The third-order valence-corrected chi connectivity index (χ3v) is 4.73. The summed E-state index contributed by atoms with van der Waals surface area (Å²) in [5.74, 6) is 1.23. The highest BCUT2D eigenvalue weighted by molar-refractivity contribution is 5.94. The largest absolute Gasteiger partial charge is 0.497 e. The fourth-order valence-electron chi connectivity index (χ4n) is 3.30. The maximum atomic E-state index is 12.5. The number of methoxy groups -OCH3 is 2. The molecular weight excluding hydrogens is 316 g/mol. The van der Waals surface area contributed by atoms with Crippen LogP contribution >= 0.6 is 0 Å². The Hall–Kier alpha value is -2.53. The van der Waals surface area contributed by atoms with Crippen molar-refractivity contribution in [3.05, 3.63) is 53.6 Å². The van der Waals surface area contributed by atoms with Crippen molar-refractivity contribution < 1.29 is 14.3 Å². The van der Waals surface area contributed by atoms with Gasteiger partial charge in [-0.3, -0.25) is 9.69 Å². The Morgan fingerprint density at radius 2 is 1.80 bits per heavy atom. The van der Waals surface area contributed by atoms with Crippen LogP contribution in [0.25, 0.3) is 0 Å². The quantitative estimate of drug-likeness (QED) is 0.878. The number of amides is 1. The molecular formula is C20H24N2O3. The van der Waals surface area contributed by atoms with Gasteiger partial charge in [-0.25, -0.2) is 0 Å². The SMILES string of the molecule is COc1ccc(OC)c(NC(=O)CN(C)C2Cc3ccccc3C2)c1. The third-order valence-electron chi connectivity index (χ3n) is 4.73. The number of fused-ring (bicyclic) bond motifs is 1. The van der Waals surface area contributed by atoms with Gasteiger partial charge in [-0.05, 0) is 43.1 Å². The van der Waals surface area contributed by atoms with Crippen molar-refractivity contribution in [3.63, 3.8) is 0 Å². The number of rotatable bonds is 6. The van der Waals surface area contributed by atoms with Gasteiger partial charge in [0.2, 0.25) is 5.91 Å². The van der Waals surface area contributed by atoms with E-state index in [0.29, 0.717) is 29.8 Å². The molecule has 0 aliphatic heterocycles. The van der Waals surface area contributed by atoms with Crippen molar-refractivity contribution in [2.24, 2.45) is 0 Å². The summed E-state index contributed by atoms with van der Waals surface area (Å²) >= 11 is 0. The zero-order chi connectivity index (χ0) is 17.8. The molecule has 2 aromatic rings. The summed E-state index contributed by atoms with van der Waals surface area (Å²) < 4.78 is 10.5. The van der Waals surface area contributed by atoms with Crippen LogP contribution in [0.2, 0.25) is 0 Å². The Morgan fingerprint density at radius 1 is 1.12 bits per heavy atom. The molecule has 25 heavy (non-hydrogen) atoms. The van der Waals surface area contributed by atoms with Gasteiger partial charge in [-0.2, -0.15) is 0 Å². The molecule has 0 aromatic heterocycles. The van der Waals surface area contributed by atoms with Gasteiger partial charge in [-0.15, -0.1) is 0 Å². The van der Waals surface area contributed by atoms with Gasteiger partial charge in [0.25, 0.3) is 0 Å². The van der Waals surface area contributed by atoms with Gasteiger partial charge in [0.15, 0.2) is 0 Å². The highest BCUT2D eigenvalue weighted by atomic mass is 16.5. The number of carbonyl (C=O) groups is 1.